The van der Waals surface area contributed by atoms with Crippen LogP contribution in [-0.2, 0) is 14.3 Å². The Hall–Kier alpha value is -1.36. The molecule has 0 spiro atoms. The second-order valence-electron chi connectivity index (χ2n) is 4.09. The van der Waals surface area contributed by atoms with Crippen LogP contribution in [0.15, 0.2) is 12.2 Å². The third-order valence-electron chi connectivity index (χ3n) is 2.58. The van der Waals surface area contributed by atoms with Crippen molar-refractivity contribution in [2.24, 2.45) is 0 Å². The van der Waals surface area contributed by atoms with E-state index in [2.05, 4.69) is 11.4 Å². The first-order valence-electron chi connectivity index (χ1n) is 5.95. The minimum Gasteiger partial charge on any atom is -0.480 e. The summed E-state index contributed by atoms with van der Waals surface area (Å²) in [5.41, 5.74) is 0. The van der Waals surface area contributed by atoms with Gasteiger partial charge in [0.05, 0.1) is 6.10 Å². The molecule has 1 aliphatic carbocycles. The van der Waals surface area contributed by atoms with Crippen LogP contribution in [0.4, 0.5) is 0 Å². The normalized spacial score (nSPS) is 20.4. The van der Waals surface area contributed by atoms with Crippen LogP contribution >= 0.6 is 0 Å². The summed E-state index contributed by atoms with van der Waals surface area (Å²) >= 11 is 0. The summed E-state index contributed by atoms with van der Waals surface area (Å²) in [6, 6.07) is 0. The minimum atomic E-state index is -1.05. The van der Waals surface area contributed by atoms with E-state index >= 15 is 0 Å². The van der Waals surface area contributed by atoms with Gasteiger partial charge in [-0.2, -0.15) is 0 Å². The number of nitrogens with one attached hydrogen (secondary N) is 1. The van der Waals surface area contributed by atoms with E-state index in [0.717, 1.165) is 19.3 Å². The van der Waals surface area contributed by atoms with Crippen molar-refractivity contribution in [1.29, 1.82) is 0 Å². The molecule has 2 N–H and O–H groups in total. The van der Waals surface area contributed by atoms with Crippen LogP contribution < -0.4 is 5.32 Å². The van der Waals surface area contributed by atoms with Crippen LogP contribution in [0.2, 0.25) is 0 Å². The van der Waals surface area contributed by atoms with Gasteiger partial charge in [-0.1, -0.05) is 25.0 Å². The monoisotopic (exact) mass is 241 g/mol. The number of hydrogen-bond donors (Lipinski definition) is 2. The van der Waals surface area contributed by atoms with Crippen molar-refractivity contribution >= 4 is 11.9 Å². The zero-order chi connectivity index (χ0) is 12.5. The number of carboxylic acids is 1. The Morgan fingerprint density at radius 2 is 2.18 bits per heavy atom. The van der Waals surface area contributed by atoms with E-state index in [-0.39, 0.29) is 25.2 Å². The molecule has 0 bridgehead atoms. The van der Waals surface area contributed by atoms with Gasteiger partial charge in [0.2, 0.25) is 5.91 Å². The lowest BCUT2D eigenvalue weighted by Gasteiger charge is -2.15. The number of aliphatic carboxylic acids is 1. The molecule has 5 nitrogen and oxygen atoms in total. The molecule has 0 saturated heterocycles. The van der Waals surface area contributed by atoms with Crippen molar-refractivity contribution in [1.82, 2.24) is 5.32 Å². The Balaban J connectivity index is 2.21. The predicted octanol–water partition coefficient (Wildman–Crippen LogP) is 1.09. The lowest BCUT2D eigenvalue weighted by atomic mass is 10.0. The fourth-order valence-electron chi connectivity index (χ4n) is 1.68. The molecule has 0 aromatic heterocycles. The average molecular weight is 241 g/mol. The van der Waals surface area contributed by atoms with Gasteiger partial charge < -0.3 is 15.2 Å². The largest absolute Gasteiger partial charge is 0.480 e. The van der Waals surface area contributed by atoms with Crippen LogP contribution in [0.25, 0.3) is 0 Å². The van der Waals surface area contributed by atoms with Gasteiger partial charge >= 0.3 is 5.97 Å². The van der Waals surface area contributed by atoms with E-state index < -0.39 is 5.97 Å². The van der Waals surface area contributed by atoms with E-state index in [0.29, 0.717) is 0 Å². The van der Waals surface area contributed by atoms with Gasteiger partial charge in [0.15, 0.2) is 0 Å². The Kier molecular flexibility index (Phi) is 6.32. The van der Waals surface area contributed by atoms with Crippen LogP contribution in [0, 0.1) is 0 Å². The summed E-state index contributed by atoms with van der Waals surface area (Å²) in [5.74, 6) is -1.44. The van der Waals surface area contributed by atoms with Crippen molar-refractivity contribution in [3.8, 4) is 0 Å². The van der Waals surface area contributed by atoms with E-state index in [9.17, 15) is 9.59 Å². The number of carbonyl (C=O) groups excluding carboxylic acids is 1. The first-order chi connectivity index (χ1) is 8.18. The standard InChI is InChI=1S/C12H19NO4/c14-11(13-8-12(15)16)9-17-10-6-4-2-1-3-5-7-10/h4,6,10H,1-3,5,7-9H2,(H,13,14)(H,15,16). The van der Waals surface area contributed by atoms with E-state index in [1.165, 1.54) is 12.8 Å². The smallest absolute Gasteiger partial charge is 0.322 e. The van der Waals surface area contributed by atoms with Crippen molar-refractivity contribution in [2.45, 2.75) is 38.2 Å². The van der Waals surface area contributed by atoms with Gasteiger partial charge in [-0.05, 0) is 19.3 Å². The van der Waals surface area contributed by atoms with Gasteiger partial charge in [0, 0.05) is 0 Å². The molecule has 0 aliphatic heterocycles. The molecule has 1 unspecified atom stereocenters. The summed E-state index contributed by atoms with van der Waals surface area (Å²) in [7, 11) is 0. The highest BCUT2D eigenvalue weighted by Crippen LogP contribution is 2.13. The molecule has 0 aromatic rings. The minimum absolute atomic E-state index is 0.0223. The molecular formula is C12H19NO4. The third kappa shape index (κ3) is 6.73. The Morgan fingerprint density at radius 3 is 2.94 bits per heavy atom. The summed E-state index contributed by atoms with van der Waals surface area (Å²) in [6.07, 6.45) is 9.53. The second kappa shape index (κ2) is 7.84. The van der Waals surface area contributed by atoms with Gasteiger partial charge in [0.1, 0.15) is 13.2 Å². The summed E-state index contributed by atoms with van der Waals surface area (Å²) in [4.78, 5) is 21.4. The maximum absolute atomic E-state index is 11.2. The maximum atomic E-state index is 11.2. The molecule has 5 heteroatoms. The molecule has 1 atom stereocenters. The number of rotatable bonds is 5. The molecule has 0 heterocycles. The van der Waals surface area contributed by atoms with E-state index in [1.54, 1.807) is 0 Å². The summed E-state index contributed by atoms with van der Waals surface area (Å²) in [5, 5.41) is 10.6. The van der Waals surface area contributed by atoms with Crippen molar-refractivity contribution < 1.29 is 19.4 Å². The molecular weight excluding hydrogens is 222 g/mol. The van der Waals surface area contributed by atoms with Crippen LogP contribution in [-0.4, -0.2) is 36.2 Å². The molecule has 1 rings (SSSR count). The van der Waals surface area contributed by atoms with Gasteiger partial charge in [0.25, 0.3) is 0 Å². The maximum Gasteiger partial charge on any atom is 0.322 e. The predicted molar refractivity (Wildman–Crippen MR) is 62.6 cm³/mol. The Morgan fingerprint density at radius 1 is 1.35 bits per heavy atom. The number of allylic oxidation sites excluding steroid dienone is 1. The van der Waals surface area contributed by atoms with Crippen LogP contribution in [0.5, 0.6) is 0 Å². The zero-order valence-corrected chi connectivity index (χ0v) is 9.85. The third-order valence-corrected chi connectivity index (χ3v) is 2.58. The van der Waals surface area contributed by atoms with Crippen molar-refractivity contribution in [3.05, 3.63) is 12.2 Å². The second-order valence-corrected chi connectivity index (χ2v) is 4.09. The molecule has 0 aromatic carbocycles. The Bertz CT molecular complexity index is 288. The molecule has 96 valence electrons. The number of amides is 1. The molecule has 0 fully saturated rings. The average Bonchev–Trinajstić information content (AvgIpc) is 2.24. The number of ether oxygens (including phenoxy) is 1. The molecule has 17 heavy (non-hydrogen) atoms. The number of carboxylic acid groups (broad SMARTS) is 1. The molecule has 1 amide bonds. The topological polar surface area (TPSA) is 75.6 Å². The van der Waals surface area contributed by atoms with E-state index in [4.69, 9.17) is 9.84 Å². The first-order valence-corrected chi connectivity index (χ1v) is 5.95. The molecule has 0 saturated carbocycles. The molecule has 0 radical (unpaired) electrons. The number of carbonyl (C=O) groups is 2. The van der Waals surface area contributed by atoms with Gasteiger partial charge in [-0.3, -0.25) is 9.59 Å². The van der Waals surface area contributed by atoms with Crippen molar-refractivity contribution in [3.63, 3.8) is 0 Å². The van der Waals surface area contributed by atoms with Crippen LogP contribution in [0.1, 0.15) is 32.1 Å². The molecule has 1 aliphatic rings. The summed E-state index contributed by atoms with van der Waals surface area (Å²) < 4.78 is 5.42. The highest BCUT2D eigenvalue weighted by Gasteiger charge is 2.10. The fraction of sp³-hybridized carbons (Fsp3) is 0.667. The fourth-order valence-corrected chi connectivity index (χ4v) is 1.68. The first kappa shape index (κ1) is 13.7. The van der Waals surface area contributed by atoms with Crippen molar-refractivity contribution in [2.75, 3.05) is 13.2 Å². The van der Waals surface area contributed by atoms with Gasteiger partial charge in [-0.15, -0.1) is 0 Å². The highest BCUT2D eigenvalue weighted by atomic mass is 16.5. The Labute approximate surface area is 101 Å². The SMILES string of the molecule is O=C(O)CNC(=O)COC1C=CCCCCC1. The van der Waals surface area contributed by atoms with Crippen LogP contribution in [0.3, 0.4) is 0 Å². The summed E-state index contributed by atoms with van der Waals surface area (Å²) in [6.45, 7) is -0.439. The highest BCUT2D eigenvalue weighted by molar-refractivity contribution is 5.81. The number of hydrogen-bond acceptors (Lipinski definition) is 3. The van der Waals surface area contributed by atoms with E-state index in [1.807, 2.05) is 6.08 Å². The lowest BCUT2D eigenvalue weighted by Crippen LogP contribution is -2.33. The quantitative estimate of drug-likeness (QED) is 0.706. The lowest BCUT2D eigenvalue weighted by molar-refractivity contribution is -0.138. The zero-order valence-electron chi connectivity index (χ0n) is 9.85. The van der Waals surface area contributed by atoms with Gasteiger partial charge in [-0.25, -0.2) is 0 Å².